The molecule has 0 radical (unpaired) electrons. The quantitative estimate of drug-likeness (QED) is 0.542. The van der Waals surface area contributed by atoms with Gasteiger partial charge in [-0.2, -0.15) is 0 Å². The predicted molar refractivity (Wildman–Crippen MR) is 128 cm³/mol. The first-order chi connectivity index (χ1) is 15.2. The van der Waals surface area contributed by atoms with Gasteiger partial charge in [-0.1, -0.05) is 24.3 Å². The van der Waals surface area contributed by atoms with Gasteiger partial charge < -0.3 is 15.8 Å². The molecule has 2 fully saturated rings. The number of thioether (sulfide) groups is 1. The molecule has 1 saturated carbocycles. The molecule has 0 unspecified atom stereocenters. The van der Waals surface area contributed by atoms with E-state index < -0.39 is 0 Å². The number of ether oxygens (including phenoxy) is 1. The van der Waals surface area contributed by atoms with Crippen LogP contribution < -0.4 is 11.1 Å². The Hall–Kier alpha value is -2.15. The number of para-hydroxylation sites is 1. The Morgan fingerprint density at radius 2 is 1.71 bits per heavy atom. The van der Waals surface area contributed by atoms with E-state index in [1.807, 2.05) is 18.0 Å². The third-order valence-corrected chi connectivity index (χ3v) is 7.83. The number of anilines is 2. The van der Waals surface area contributed by atoms with E-state index in [1.165, 1.54) is 23.3 Å². The number of fused-ring (bicyclic) bond motifs is 1. The fraction of sp³-hybridized carbons (Fsp3) is 0.440. The first-order valence-corrected chi connectivity index (χ1v) is 12.3. The van der Waals surface area contributed by atoms with Crippen LogP contribution in [-0.2, 0) is 4.74 Å². The van der Waals surface area contributed by atoms with Crippen LogP contribution in [0, 0.1) is 0 Å². The van der Waals surface area contributed by atoms with Gasteiger partial charge >= 0.3 is 0 Å². The first kappa shape index (κ1) is 20.7. The van der Waals surface area contributed by atoms with E-state index in [0.29, 0.717) is 23.2 Å². The summed E-state index contributed by atoms with van der Waals surface area (Å²) in [7, 11) is 0. The molecule has 1 saturated heterocycles. The molecule has 2 aliphatic rings. The maximum atomic E-state index is 6.08. The molecule has 2 aromatic carbocycles. The van der Waals surface area contributed by atoms with Gasteiger partial charge in [0.1, 0.15) is 0 Å². The van der Waals surface area contributed by atoms with Crippen molar-refractivity contribution in [2.75, 3.05) is 18.5 Å². The van der Waals surface area contributed by atoms with E-state index in [-0.39, 0.29) is 0 Å². The lowest BCUT2D eigenvalue weighted by molar-refractivity contribution is 0.0853. The molecular weight excluding hydrogens is 404 g/mol. The van der Waals surface area contributed by atoms with Gasteiger partial charge in [0.2, 0.25) is 5.95 Å². The average molecular weight is 435 g/mol. The zero-order valence-corrected chi connectivity index (χ0v) is 18.6. The highest BCUT2D eigenvalue weighted by Crippen LogP contribution is 2.36. The van der Waals surface area contributed by atoms with Crippen molar-refractivity contribution in [3.05, 3.63) is 54.2 Å². The van der Waals surface area contributed by atoms with Crippen LogP contribution in [0.1, 0.15) is 50.0 Å². The molecule has 6 heteroatoms. The highest BCUT2D eigenvalue weighted by molar-refractivity contribution is 8.00. The third kappa shape index (κ3) is 5.03. The first-order valence-electron chi connectivity index (χ1n) is 11.4. The molecule has 1 aliphatic heterocycles. The number of nitrogens with one attached hydrogen (secondary N) is 1. The fourth-order valence-corrected chi connectivity index (χ4v) is 5.87. The Kier molecular flexibility index (Phi) is 6.39. The summed E-state index contributed by atoms with van der Waals surface area (Å²) in [6.45, 7) is 1.73. The Labute approximate surface area is 188 Å². The summed E-state index contributed by atoms with van der Waals surface area (Å²) in [6.07, 6.45) is 8.72. The summed E-state index contributed by atoms with van der Waals surface area (Å²) in [4.78, 5) is 10.7. The van der Waals surface area contributed by atoms with Crippen molar-refractivity contribution in [1.29, 1.82) is 0 Å². The molecule has 3 N–H and O–H groups in total. The van der Waals surface area contributed by atoms with Crippen molar-refractivity contribution in [3.63, 3.8) is 0 Å². The predicted octanol–water partition coefficient (Wildman–Crippen LogP) is 5.63. The summed E-state index contributed by atoms with van der Waals surface area (Å²) >= 11 is 1.94. The molecular formula is C25H30N4OS. The monoisotopic (exact) mass is 434 g/mol. The molecule has 0 bridgehead atoms. The van der Waals surface area contributed by atoms with E-state index in [9.17, 15) is 0 Å². The molecule has 0 amide bonds. The van der Waals surface area contributed by atoms with Crippen LogP contribution in [0.2, 0.25) is 0 Å². The molecule has 2 heterocycles. The summed E-state index contributed by atoms with van der Waals surface area (Å²) in [6, 6.07) is 15.4. The highest BCUT2D eigenvalue weighted by Gasteiger charge is 2.20. The van der Waals surface area contributed by atoms with Crippen molar-refractivity contribution < 1.29 is 4.74 Å². The lowest BCUT2D eigenvalue weighted by atomic mass is 9.92. The molecule has 1 aromatic heterocycles. The van der Waals surface area contributed by atoms with Gasteiger partial charge in [0.05, 0.1) is 5.52 Å². The summed E-state index contributed by atoms with van der Waals surface area (Å²) in [5.74, 6) is 1.25. The number of benzene rings is 2. The Morgan fingerprint density at radius 3 is 2.48 bits per heavy atom. The van der Waals surface area contributed by atoms with Gasteiger partial charge in [-0.25, -0.2) is 9.97 Å². The minimum absolute atomic E-state index is 0.375. The largest absolute Gasteiger partial charge is 0.381 e. The Morgan fingerprint density at radius 1 is 0.935 bits per heavy atom. The van der Waals surface area contributed by atoms with E-state index in [1.54, 1.807) is 0 Å². The molecule has 31 heavy (non-hydrogen) atoms. The van der Waals surface area contributed by atoms with Gasteiger partial charge in [0, 0.05) is 46.7 Å². The smallest absolute Gasteiger partial charge is 0.227 e. The number of aromatic nitrogens is 2. The number of nitrogens with zero attached hydrogens (tertiary/aromatic N) is 2. The van der Waals surface area contributed by atoms with Crippen LogP contribution in [0.4, 0.5) is 11.6 Å². The standard InChI is InChI=1S/C25H30N4OS/c26-20-6-10-22(11-7-20)31-23-3-1-2-19-16-27-25(29-24(19)23)28-21-8-4-17(5-9-21)18-12-14-30-15-13-18/h1-5,8-9,16,18,20,22H,6-7,10-15,26H2,(H,27,28,29). The minimum Gasteiger partial charge on any atom is -0.381 e. The Bertz CT molecular complexity index is 1010. The molecule has 162 valence electrons. The summed E-state index contributed by atoms with van der Waals surface area (Å²) < 4.78 is 5.49. The lowest BCUT2D eigenvalue weighted by Gasteiger charge is -2.25. The number of nitrogens with two attached hydrogens (primary N) is 1. The number of hydrogen-bond donors (Lipinski definition) is 2. The van der Waals surface area contributed by atoms with Gasteiger partial charge in [0.15, 0.2) is 0 Å². The zero-order valence-electron chi connectivity index (χ0n) is 17.8. The van der Waals surface area contributed by atoms with Crippen molar-refractivity contribution in [2.45, 2.75) is 60.6 Å². The molecule has 5 rings (SSSR count). The lowest BCUT2D eigenvalue weighted by Crippen LogP contribution is -2.27. The molecule has 5 nitrogen and oxygen atoms in total. The van der Waals surface area contributed by atoms with Crippen LogP contribution in [0.5, 0.6) is 0 Å². The van der Waals surface area contributed by atoms with E-state index in [0.717, 1.165) is 55.5 Å². The van der Waals surface area contributed by atoms with Crippen LogP contribution >= 0.6 is 11.8 Å². The highest BCUT2D eigenvalue weighted by atomic mass is 32.2. The average Bonchev–Trinajstić information content (AvgIpc) is 2.82. The second kappa shape index (κ2) is 9.55. The SMILES string of the molecule is NC1CCC(Sc2cccc3cnc(Nc4ccc(C5CCOCC5)cc4)nc23)CC1. The van der Waals surface area contributed by atoms with Gasteiger partial charge in [0.25, 0.3) is 0 Å². The van der Waals surface area contributed by atoms with Gasteiger partial charge in [-0.3, -0.25) is 0 Å². The van der Waals surface area contributed by atoms with E-state index in [4.69, 9.17) is 15.5 Å². The second-order valence-electron chi connectivity index (χ2n) is 8.68. The fourth-order valence-electron chi connectivity index (χ4n) is 4.57. The van der Waals surface area contributed by atoms with Crippen molar-refractivity contribution in [2.24, 2.45) is 5.73 Å². The van der Waals surface area contributed by atoms with Crippen LogP contribution in [0.3, 0.4) is 0 Å². The van der Waals surface area contributed by atoms with Crippen molar-refractivity contribution in [1.82, 2.24) is 9.97 Å². The molecule has 0 spiro atoms. The molecule has 3 aromatic rings. The van der Waals surface area contributed by atoms with Crippen molar-refractivity contribution >= 4 is 34.3 Å². The topological polar surface area (TPSA) is 73.1 Å². The van der Waals surface area contributed by atoms with E-state index >= 15 is 0 Å². The summed E-state index contributed by atoms with van der Waals surface area (Å²) in [5.41, 5.74) is 9.51. The Balaban J connectivity index is 1.32. The number of rotatable bonds is 5. The summed E-state index contributed by atoms with van der Waals surface area (Å²) in [5, 5.41) is 5.09. The van der Waals surface area contributed by atoms with Crippen molar-refractivity contribution in [3.8, 4) is 0 Å². The number of hydrogen-bond acceptors (Lipinski definition) is 6. The maximum absolute atomic E-state index is 6.08. The van der Waals surface area contributed by atoms with E-state index in [2.05, 4.69) is 52.8 Å². The second-order valence-corrected chi connectivity index (χ2v) is 10.0. The minimum atomic E-state index is 0.375. The molecule has 1 aliphatic carbocycles. The van der Waals surface area contributed by atoms with Crippen LogP contribution in [0.25, 0.3) is 10.9 Å². The van der Waals surface area contributed by atoms with Crippen LogP contribution in [0.15, 0.2) is 53.6 Å². The third-order valence-electron chi connectivity index (χ3n) is 6.45. The van der Waals surface area contributed by atoms with Gasteiger partial charge in [-0.05, 0) is 68.2 Å². The molecule has 0 atom stereocenters. The normalized spacial score (nSPS) is 22.5. The zero-order chi connectivity index (χ0) is 21.0. The maximum Gasteiger partial charge on any atom is 0.227 e. The van der Waals surface area contributed by atoms with Crippen LogP contribution in [-0.4, -0.2) is 34.5 Å². The van der Waals surface area contributed by atoms with Gasteiger partial charge in [-0.15, -0.1) is 11.8 Å².